The minimum absolute atomic E-state index is 0.0614. The van der Waals surface area contributed by atoms with E-state index in [1.54, 1.807) is 6.20 Å². The van der Waals surface area contributed by atoms with E-state index in [9.17, 15) is 4.79 Å². The fraction of sp³-hybridized carbons (Fsp3) is 0.714. The van der Waals surface area contributed by atoms with Gasteiger partial charge in [-0.05, 0) is 51.5 Å². The van der Waals surface area contributed by atoms with E-state index < -0.39 is 5.60 Å². The summed E-state index contributed by atoms with van der Waals surface area (Å²) in [6, 6.07) is 1.89. The Bertz CT molecular complexity index is 608. The molecule has 1 aromatic rings. The van der Waals surface area contributed by atoms with Crippen molar-refractivity contribution < 1.29 is 19.0 Å². The summed E-state index contributed by atoms with van der Waals surface area (Å²) in [5.41, 5.74) is 0.825. The highest BCUT2D eigenvalue weighted by Crippen LogP contribution is 2.36. The van der Waals surface area contributed by atoms with Gasteiger partial charge in [-0.3, -0.25) is 4.79 Å². The molecule has 0 aromatic carbocycles. The van der Waals surface area contributed by atoms with Gasteiger partial charge in [0.25, 0.3) is 5.91 Å². The molecule has 1 N–H and O–H groups in total. The number of rotatable bonds is 10. The van der Waals surface area contributed by atoms with Crippen LogP contribution in [0.5, 0.6) is 5.88 Å². The van der Waals surface area contributed by atoms with Gasteiger partial charge < -0.3 is 19.5 Å². The van der Waals surface area contributed by atoms with Gasteiger partial charge in [0.15, 0.2) is 0 Å². The highest BCUT2D eigenvalue weighted by molar-refractivity contribution is 5.97. The van der Waals surface area contributed by atoms with Crippen LogP contribution in [0.4, 0.5) is 5.69 Å². The number of nitrogens with one attached hydrogen (secondary N) is 1. The minimum Gasteiger partial charge on any atom is -0.475 e. The molecule has 27 heavy (non-hydrogen) atoms. The maximum atomic E-state index is 13.1. The lowest BCUT2D eigenvalue weighted by molar-refractivity contribution is -0.148. The molecule has 2 rings (SSSR count). The largest absolute Gasteiger partial charge is 0.475 e. The summed E-state index contributed by atoms with van der Waals surface area (Å²) in [6.07, 6.45) is 6.25. The van der Waals surface area contributed by atoms with Crippen molar-refractivity contribution in [3.63, 3.8) is 0 Å². The molecule has 1 aromatic heterocycles. The minimum atomic E-state index is -0.728. The molecule has 1 saturated carbocycles. The molecule has 0 radical (unpaired) electrons. The molecule has 1 heterocycles. The van der Waals surface area contributed by atoms with Crippen molar-refractivity contribution in [3.05, 3.63) is 17.8 Å². The van der Waals surface area contributed by atoms with Gasteiger partial charge in [-0.1, -0.05) is 20.3 Å². The van der Waals surface area contributed by atoms with E-state index in [1.165, 1.54) is 0 Å². The molecular weight excluding hydrogens is 344 g/mol. The first-order valence-corrected chi connectivity index (χ1v) is 10.1. The van der Waals surface area contributed by atoms with E-state index in [2.05, 4.69) is 24.1 Å². The summed E-state index contributed by atoms with van der Waals surface area (Å²) in [5.74, 6) is 0.993. The summed E-state index contributed by atoms with van der Waals surface area (Å²) >= 11 is 0. The Morgan fingerprint density at radius 2 is 2.15 bits per heavy atom. The van der Waals surface area contributed by atoms with Gasteiger partial charge in [-0.15, -0.1) is 0 Å². The second-order valence-corrected chi connectivity index (χ2v) is 7.39. The Morgan fingerprint density at radius 1 is 1.33 bits per heavy atom. The summed E-state index contributed by atoms with van der Waals surface area (Å²) in [5, 5.41) is 3.02. The first-order valence-electron chi connectivity index (χ1n) is 10.1. The van der Waals surface area contributed by atoms with Crippen LogP contribution < -0.4 is 10.1 Å². The van der Waals surface area contributed by atoms with Crippen LogP contribution in [0.2, 0.25) is 0 Å². The van der Waals surface area contributed by atoms with Crippen molar-refractivity contribution in [2.75, 3.05) is 31.7 Å². The van der Waals surface area contributed by atoms with Gasteiger partial charge in [-0.25, -0.2) is 4.98 Å². The van der Waals surface area contributed by atoms with Gasteiger partial charge in [0, 0.05) is 18.8 Å². The topological polar surface area (TPSA) is 69.7 Å². The van der Waals surface area contributed by atoms with Crippen LogP contribution in [0.15, 0.2) is 12.3 Å². The third-order valence-corrected chi connectivity index (χ3v) is 4.91. The molecule has 0 saturated heterocycles. The SMILES string of the molecule is CCCO[C@]1(C(=O)Nc2cnc(OCCOCC)c(C)c2)CCC[C@H](C)C1. The molecule has 152 valence electrons. The van der Waals surface area contributed by atoms with Crippen LogP contribution in [-0.2, 0) is 14.3 Å². The Morgan fingerprint density at radius 3 is 2.81 bits per heavy atom. The molecular formula is C21H34N2O4. The lowest BCUT2D eigenvalue weighted by Crippen LogP contribution is -2.48. The second kappa shape index (κ2) is 10.6. The van der Waals surface area contributed by atoms with Gasteiger partial charge in [0.05, 0.1) is 18.5 Å². The first-order chi connectivity index (χ1) is 13.0. The lowest BCUT2D eigenvalue weighted by Gasteiger charge is -2.38. The highest BCUT2D eigenvalue weighted by atomic mass is 16.5. The van der Waals surface area contributed by atoms with Crippen molar-refractivity contribution in [2.24, 2.45) is 5.92 Å². The van der Waals surface area contributed by atoms with Crippen LogP contribution in [0.3, 0.4) is 0 Å². The number of amides is 1. The Labute approximate surface area is 163 Å². The number of aromatic nitrogens is 1. The van der Waals surface area contributed by atoms with Crippen LogP contribution in [0.25, 0.3) is 0 Å². The monoisotopic (exact) mass is 378 g/mol. The summed E-state index contributed by atoms with van der Waals surface area (Å²) in [7, 11) is 0. The summed E-state index contributed by atoms with van der Waals surface area (Å²) in [4.78, 5) is 17.4. The van der Waals surface area contributed by atoms with Gasteiger partial charge in [-0.2, -0.15) is 0 Å². The van der Waals surface area contributed by atoms with Crippen LogP contribution in [0.1, 0.15) is 58.4 Å². The maximum absolute atomic E-state index is 13.1. The number of aryl methyl sites for hydroxylation is 1. The van der Waals surface area contributed by atoms with E-state index in [-0.39, 0.29) is 5.91 Å². The van der Waals surface area contributed by atoms with E-state index in [4.69, 9.17) is 14.2 Å². The summed E-state index contributed by atoms with van der Waals surface area (Å²) in [6.45, 7) is 10.4. The molecule has 2 atom stereocenters. The molecule has 0 bridgehead atoms. The van der Waals surface area contributed by atoms with Gasteiger partial charge in [0.2, 0.25) is 5.88 Å². The highest BCUT2D eigenvalue weighted by Gasteiger charge is 2.42. The number of pyridine rings is 1. The molecule has 6 nitrogen and oxygen atoms in total. The average Bonchev–Trinajstić information content (AvgIpc) is 2.65. The third-order valence-electron chi connectivity index (χ3n) is 4.91. The molecule has 1 aliphatic carbocycles. The maximum Gasteiger partial charge on any atom is 0.256 e. The average molecular weight is 379 g/mol. The number of carbonyl (C=O) groups excluding carboxylic acids is 1. The van der Waals surface area contributed by atoms with E-state index in [0.29, 0.717) is 43.9 Å². The van der Waals surface area contributed by atoms with Crippen LogP contribution >= 0.6 is 0 Å². The second-order valence-electron chi connectivity index (χ2n) is 7.39. The van der Waals surface area contributed by atoms with Crippen LogP contribution in [0, 0.1) is 12.8 Å². The van der Waals surface area contributed by atoms with Crippen molar-refractivity contribution in [2.45, 2.75) is 65.4 Å². The van der Waals surface area contributed by atoms with Crippen molar-refractivity contribution in [1.29, 1.82) is 0 Å². The molecule has 0 aliphatic heterocycles. The molecule has 1 fully saturated rings. The number of nitrogens with zero attached hydrogens (tertiary/aromatic N) is 1. The van der Waals surface area contributed by atoms with Gasteiger partial charge >= 0.3 is 0 Å². The third kappa shape index (κ3) is 6.18. The van der Waals surface area contributed by atoms with Crippen molar-refractivity contribution >= 4 is 11.6 Å². The fourth-order valence-electron chi connectivity index (χ4n) is 3.57. The molecule has 0 spiro atoms. The number of ether oxygens (including phenoxy) is 3. The number of hydrogen-bond acceptors (Lipinski definition) is 5. The smallest absolute Gasteiger partial charge is 0.256 e. The van der Waals surface area contributed by atoms with E-state index in [1.807, 2.05) is 19.9 Å². The zero-order valence-corrected chi connectivity index (χ0v) is 17.2. The number of hydrogen-bond donors (Lipinski definition) is 1. The molecule has 1 amide bonds. The Balaban J connectivity index is 2.03. The van der Waals surface area contributed by atoms with Crippen molar-refractivity contribution in [1.82, 2.24) is 4.98 Å². The number of carbonyl (C=O) groups is 1. The standard InChI is InChI=1S/C21H34N2O4/c1-5-10-27-21(9-7-8-16(3)14-21)20(24)23-18-13-17(4)19(22-15-18)26-12-11-25-6-2/h13,15-16H,5-12,14H2,1-4H3,(H,23,24)/t16-,21+/m0/s1. The number of anilines is 1. The zero-order chi connectivity index (χ0) is 19.7. The molecule has 1 aliphatic rings. The summed E-state index contributed by atoms with van der Waals surface area (Å²) < 4.78 is 17.0. The normalized spacial score (nSPS) is 22.4. The molecule has 6 heteroatoms. The van der Waals surface area contributed by atoms with Gasteiger partial charge in [0.1, 0.15) is 12.2 Å². The van der Waals surface area contributed by atoms with Crippen LogP contribution in [-0.4, -0.2) is 42.9 Å². The Hall–Kier alpha value is -1.66. The van der Waals surface area contributed by atoms with Crippen molar-refractivity contribution in [3.8, 4) is 5.88 Å². The zero-order valence-electron chi connectivity index (χ0n) is 17.2. The first kappa shape index (κ1) is 21.6. The predicted molar refractivity (Wildman–Crippen MR) is 106 cm³/mol. The predicted octanol–water partition coefficient (Wildman–Crippen LogP) is 4.12. The quantitative estimate of drug-likeness (QED) is 0.620. The lowest BCUT2D eigenvalue weighted by atomic mass is 9.78. The fourth-order valence-corrected chi connectivity index (χ4v) is 3.57. The Kier molecular flexibility index (Phi) is 8.51. The molecule has 0 unspecified atom stereocenters. The van der Waals surface area contributed by atoms with E-state index in [0.717, 1.165) is 37.7 Å². The van der Waals surface area contributed by atoms with E-state index >= 15 is 0 Å².